The minimum atomic E-state index is -3.85. The second kappa shape index (κ2) is 5.31. The van der Waals surface area contributed by atoms with Crippen molar-refractivity contribution in [1.82, 2.24) is 14.1 Å². The maximum atomic E-state index is 12.3. The summed E-state index contributed by atoms with van der Waals surface area (Å²) >= 11 is 1.31. The van der Waals surface area contributed by atoms with Gasteiger partial charge in [0.1, 0.15) is 9.84 Å². The molecule has 0 fully saturated rings. The highest BCUT2D eigenvalue weighted by atomic mass is 32.2. The van der Waals surface area contributed by atoms with E-state index in [0.29, 0.717) is 4.96 Å². The van der Waals surface area contributed by atoms with Gasteiger partial charge in [-0.25, -0.2) is 26.5 Å². The van der Waals surface area contributed by atoms with E-state index in [1.807, 2.05) is 0 Å². The minimum absolute atomic E-state index is 0.0234. The maximum Gasteiger partial charge on any atom is 0.260 e. The fraction of sp³-hybridized carbons (Fsp3) is 0.444. The van der Waals surface area contributed by atoms with Crippen molar-refractivity contribution in [3.05, 3.63) is 11.6 Å². The van der Waals surface area contributed by atoms with E-state index in [-0.39, 0.29) is 23.1 Å². The number of nitrogens with one attached hydrogen (secondary N) is 2. The molecule has 0 saturated carbocycles. The summed E-state index contributed by atoms with van der Waals surface area (Å²) in [5, 5.41) is 4.42. The largest absolute Gasteiger partial charge is 0.371 e. The lowest BCUT2D eigenvalue weighted by molar-refractivity contribution is 0.578. The molecule has 0 radical (unpaired) electrons. The van der Waals surface area contributed by atoms with Crippen LogP contribution >= 0.6 is 11.3 Å². The van der Waals surface area contributed by atoms with E-state index >= 15 is 0 Å². The topological polar surface area (TPSA) is 110 Å². The highest BCUT2D eigenvalue weighted by molar-refractivity contribution is 7.91. The first-order valence-corrected chi connectivity index (χ1v) is 9.97. The zero-order valence-electron chi connectivity index (χ0n) is 10.8. The zero-order chi connectivity index (χ0) is 15.0. The van der Waals surface area contributed by atoms with Gasteiger partial charge in [0, 0.05) is 31.4 Å². The van der Waals surface area contributed by atoms with Crippen LogP contribution in [0.25, 0.3) is 4.96 Å². The molecule has 2 rings (SSSR count). The third-order valence-electron chi connectivity index (χ3n) is 2.47. The molecule has 11 heteroatoms. The fourth-order valence-corrected chi connectivity index (χ4v) is 4.30. The third-order valence-corrected chi connectivity index (χ3v) is 5.66. The lowest BCUT2D eigenvalue weighted by Gasteiger charge is -2.07. The molecule has 112 valence electrons. The number of imidazole rings is 1. The van der Waals surface area contributed by atoms with Crippen LogP contribution in [0.4, 0.5) is 5.82 Å². The Morgan fingerprint density at radius 2 is 2.05 bits per heavy atom. The number of fused-ring (bicyclic) bond motifs is 1. The molecule has 2 N–H and O–H groups in total. The molecule has 0 unspecified atom stereocenters. The highest BCUT2D eigenvalue weighted by Crippen LogP contribution is 2.24. The highest BCUT2D eigenvalue weighted by Gasteiger charge is 2.25. The van der Waals surface area contributed by atoms with E-state index in [0.717, 1.165) is 6.26 Å². The Morgan fingerprint density at radius 1 is 1.35 bits per heavy atom. The molecular weight excluding hydrogens is 324 g/mol. The van der Waals surface area contributed by atoms with Crippen LogP contribution in [0.5, 0.6) is 0 Å². The Balaban J connectivity index is 2.33. The smallest absolute Gasteiger partial charge is 0.260 e. The molecule has 0 aromatic carbocycles. The number of hydrogen-bond acceptors (Lipinski definition) is 7. The molecule has 0 saturated heterocycles. The van der Waals surface area contributed by atoms with Gasteiger partial charge in [-0.3, -0.25) is 4.40 Å². The molecule has 2 aromatic rings. The van der Waals surface area contributed by atoms with Gasteiger partial charge in [0.2, 0.25) is 0 Å². The molecule has 0 aliphatic carbocycles. The lowest BCUT2D eigenvalue weighted by Crippen LogP contribution is -2.30. The molecule has 8 nitrogen and oxygen atoms in total. The van der Waals surface area contributed by atoms with Crippen LogP contribution in [-0.4, -0.2) is 51.8 Å². The molecule has 0 bridgehead atoms. The molecule has 0 atom stereocenters. The van der Waals surface area contributed by atoms with Crippen LogP contribution in [0.1, 0.15) is 0 Å². The Bertz CT molecular complexity index is 819. The zero-order valence-corrected chi connectivity index (χ0v) is 13.3. The van der Waals surface area contributed by atoms with E-state index in [1.54, 1.807) is 18.6 Å². The summed E-state index contributed by atoms with van der Waals surface area (Å²) in [6, 6.07) is 0. The molecule has 0 aliphatic rings. The van der Waals surface area contributed by atoms with Crippen LogP contribution in [-0.2, 0) is 19.9 Å². The number of nitrogens with zero attached hydrogens (tertiary/aromatic N) is 2. The van der Waals surface area contributed by atoms with E-state index in [4.69, 9.17) is 0 Å². The summed E-state index contributed by atoms with van der Waals surface area (Å²) in [7, 11) is -5.50. The number of sulfonamides is 1. The summed E-state index contributed by atoms with van der Waals surface area (Å²) in [4.78, 5) is 4.69. The molecule has 0 spiro atoms. The van der Waals surface area contributed by atoms with Gasteiger partial charge in [0.15, 0.2) is 15.8 Å². The Morgan fingerprint density at radius 3 is 2.65 bits per heavy atom. The molecule has 0 aliphatic heterocycles. The SMILES string of the molecule is CNc1nc2sccn2c1S(=O)(=O)NCCS(C)(=O)=O. The average molecular weight is 338 g/mol. The number of thiazole rings is 1. The van der Waals surface area contributed by atoms with Gasteiger partial charge in [-0.2, -0.15) is 0 Å². The predicted octanol–water partition coefficient (Wildman–Crippen LogP) is -0.240. The van der Waals surface area contributed by atoms with Crippen LogP contribution in [0, 0.1) is 0 Å². The monoisotopic (exact) mass is 338 g/mol. The van der Waals surface area contributed by atoms with Crippen LogP contribution < -0.4 is 10.0 Å². The number of sulfone groups is 1. The van der Waals surface area contributed by atoms with Gasteiger partial charge < -0.3 is 5.32 Å². The van der Waals surface area contributed by atoms with Gasteiger partial charge in [-0.15, -0.1) is 11.3 Å². The van der Waals surface area contributed by atoms with E-state index in [2.05, 4.69) is 15.0 Å². The number of hydrogen-bond donors (Lipinski definition) is 2. The van der Waals surface area contributed by atoms with Gasteiger partial charge in [-0.1, -0.05) is 0 Å². The standard InChI is InChI=1S/C9H14N4O4S3/c1-10-7-8(13-4-5-18-9(13)12-7)20(16,17)11-3-6-19(2,14)15/h4-5,10-11H,3,6H2,1-2H3. The molecular formula is C9H14N4O4S3. The van der Waals surface area contributed by atoms with E-state index in [9.17, 15) is 16.8 Å². The number of rotatable bonds is 6. The molecule has 2 heterocycles. The maximum absolute atomic E-state index is 12.3. The second-order valence-corrected chi connectivity index (χ2v) is 8.91. The van der Waals surface area contributed by atoms with Crippen molar-refractivity contribution in [2.75, 3.05) is 30.9 Å². The molecule has 2 aromatic heterocycles. The first-order valence-electron chi connectivity index (χ1n) is 5.55. The second-order valence-electron chi connectivity index (χ2n) is 4.10. The fourth-order valence-electron chi connectivity index (χ4n) is 1.61. The predicted molar refractivity (Wildman–Crippen MR) is 77.5 cm³/mol. The summed E-state index contributed by atoms with van der Waals surface area (Å²) in [6.45, 7) is -0.179. The van der Waals surface area contributed by atoms with E-state index < -0.39 is 19.9 Å². The summed E-state index contributed by atoms with van der Waals surface area (Å²) < 4.78 is 50.3. The van der Waals surface area contributed by atoms with Crippen molar-refractivity contribution in [3.63, 3.8) is 0 Å². The van der Waals surface area contributed by atoms with Crippen molar-refractivity contribution < 1.29 is 16.8 Å². The van der Waals surface area contributed by atoms with Gasteiger partial charge in [0.05, 0.1) is 5.75 Å². The summed E-state index contributed by atoms with van der Waals surface area (Å²) in [6.07, 6.45) is 2.65. The van der Waals surface area contributed by atoms with Gasteiger partial charge in [-0.05, 0) is 0 Å². The Labute approximate surface area is 120 Å². The van der Waals surface area contributed by atoms with Gasteiger partial charge >= 0.3 is 0 Å². The average Bonchev–Trinajstić information content (AvgIpc) is 2.84. The first kappa shape index (κ1) is 15.2. The van der Waals surface area contributed by atoms with E-state index in [1.165, 1.54) is 15.7 Å². The van der Waals surface area contributed by atoms with Crippen molar-refractivity contribution in [2.24, 2.45) is 0 Å². The number of anilines is 1. The van der Waals surface area contributed by atoms with Crippen molar-refractivity contribution in [1.29, 1.82) is 0 Å². The lowest BCUT2D eigenvalue weighted by atomic mass is 10.7. The Hall–Kier alpha value is -1.17. The van der Waals surface area contributed by atoms with Crippen LogP contribution in [0.3, 0.4) is 0 Å². The minimum Gasteiger partial charge on any atom is -0.371 e. The third kappa shape index (κ3) is 3.11. The van der Waals surface area contributed by atoms with Crippen molar-refractivity contribution in [2.45, 2.75) is 5.03 Å². The summed E-state index contributed by atoms with van der Waals surface area (Å²) in [5.41, 5.74) is 0. The van der Waals surface area contributed by atoms with Crippen molar-refractivity contribution >= 4 is 42.0 Å². The normalized spacial score (nSPS) is 12.9. The van der Waals surface area contributed by atoms with Gasteiger partial charge in [0.25, 0.3) is 10.0 Å². The van der Waals surface area contributed by atoms with Crippen LogP contribution in [0.15, 0.2) is 16.6 Å². The van der Waals surface area contributed by atoms with Crippen LogP contribution in [0.2, 0.25) is 0 Å². The Kier molecular flexibility index (Phi) is 4.04. The molecule has 20 heavy (non-hydrogen) atoms. The quantitative estimate of drug-likeness (QED) is 0.752. The molecule has 0 amide bonds. The number of aromatic nitrogens is 2. The first-order chi connectivity index (χ1) is 9.24. The summed E-state index contributed by atoms with van der Waals surface area (Å²) in [5.74, 6) is -0.0316. The van der Waals surface area contributed by atoms with Crippen molar-refractivity contribution in [3.8, 4) is 0 Å².